The molecular formula is C13H15NO4S2. The smallest absolute Gasteiger partial charge is 0.250 e. The van der Waals surface area contributed by atoms with Gasteiger partial charge in [-0.2, -0.15) is 0 Å². The van der Waals surface area contributed by atoms with E-state index in [1.165, 1.54) is 6.07 Å². The zero-order valence-electron chi connectivity index (χ0n) is 10.7. The molecule has 0 spiro atoms. The van der Waals surface area contributed by atoms with E-state index in [1.807, 2.05) is 18.2 Å². The number of aliphatic hydroxyl groups excluding tert-OH is 1. The molecule has 0 bridgehead atoms. The van der Waals surface area contributed by atoms with Crippen LogP contribution in [-0.2, 0) is 16.6 Å². The highest BCUT2D eigenvalue weighted by atomic mass is 32.2. The second-order valence-electron chi connectivity index (χ2n) is 3.99. The molecule has 1 aromatic heterocycles. The van der Waals surface area contributed by atoms with E-state index in [1.54, 1.807) is 17.5 Å². The van der Waals surface area contributed by atoms with Crippen LogP contribution in [0.4, 0.5) is 0 Å². The van der Waals surface area contributed by atoms with E-state index in [2.05, 4.69) is 4.72 Å². The van der Waals surface area contributed by atoms with E-state index in [4.69, 9.17) is 9.84 Å². The molecule has 2 rings (SSSR count). The van der Waals surface area contributed by atoms with Crippen molar-refractivity contribution in [1.82, 2.24) is 4.72 Å². The number of thiophene rings is 1. The standard InChI is InChI=1S/C13H15NO4S2/c15-9-11-8-13(19-10-11)20(16,17)14-6-7-18-12-4-2-1-3-5-12/h1-5,8,10,14-15H,6-7,9H2. The first-order valence-electron chi connectivity index (χ1n) is 5.97. The minimum atomic E-state index is -3.53. The molecule has 0 saturated carbocycles. The summed E-state index contributed by atoms with van der Waals surface area (Å²) in [6.45, 7) is 0.272. The van der Waals surface area contributed by atoms with Gasteiger partial charge in [-0.25, -0.2) is 13.1 Å². The van der Waals surface area contributed by atoms with Gasteiger partial charge in [0.05, 0.1) is 6.61 Å². The number of benzene rings is 1. The van der Waals surface area contributed by atoms with Crippen LogP contribution in [0.1, 0.15) is 5.56 Å². The highest BCUT2D eigenvalue weighted by Gasteiger charge is 2.15. The van der Waals surface area contributed by atoms with E-state index in [0.717, 1.165) is 11.3 Å². The molecule has 0 atom stereocenters. The van der Waals surface area contributed by atoms with Crippen LogP contribution >= 0.6 is 11.3 Å². The average Bonchev–Trinajstić information content (AvgIpc) is 2.95. The van der Waals surface area contributed by atoms with Crippen molar-refractivity contribution in [2.24, 2.45) is 0 Å². The number of hydrogen-bond donors (Lipinski definition) is 2. The van der Waals surface area contributed by atoms with Crippen LogP contribution in [0.15, 0.2) is 46.0 Å². The van der Waals surface area contributed by atoms with Crippen molar-refractivity contribution in [3.05, 3.63) is 47.3 Å². The Bertz CT molecular complexity index is 637. The number of hydrogen-bond acceptors (Lipinski definition) is 5. The fourth-order valence-corrected chi connectivity index (χ4v) is 3.77. The average molecular weight is 313 g/mol. The van der Waals surface area contributed by atoms with Gasteiger partial charge in [0.2, 0.25) is 10.0 Å². The van der Waals surface area contributed by atoms with E-state index in [9.17, 15) is 8.42 Å². The quantitative estimate of drug-likeness (QED) is 0.761. The van der Waals surface area contributed by atoms with Crippen LogP contribution < -0.4 is 9.46 Å². The Labute approximate surface area is 121 Å². The molecule has 0 unspecified atom stereocenters. The van der Waals surface area contributed by atoms with Crippen molar-refractivity contribution < 1.29 is 18.3 Å². The van der Waals surface area contributed by atoms with Gasteiger partial charge in [-0.05, 0) is 29.1 Å². The summed E-state index contributed by atoms with van der Waals surface area (Å²) in [6.07, 6.45) is 0. The zero-order chi connectivity index (χ0) is 14.4. The third-order valence-electron chi connectivity index (χ3n) is 2.48. The van der Waals surface area contributed by atoms with E-state index in [0.29, 0.717) is 11.3 Å². The summed E-state index contributed by atoms with van der Waals surface area (Å²) in [4.78, 5) is 0. The van der Waals surface area contributed by atoms with E-state index in [-0.39, 0.29) is 24.0 Å². The maximum atomic E-state index is 11.9. The lowest BCUT2D eigenvalue weighted by Gasteiger charge is -2.07. The SMILES string of the molecule is O=S(=O)(NCCOc1ccccc1)c1cc(CO)cs1. The molecule has 0 aliphatic rings. The van der Waals surface area contributed by atoms with Crippen LogP contribution in [0.2, 0.25) is 0 Å². The minimum Gasteiger partial charge on any atom is -0.492 e. The Kier molecular flexibility index (Phi) is 5.13. The molecular weight excluding hydrogens is 298 g/mol. The fraction of sp³-hybridized carbons (Fsp3) is 0.231. The summed E-state index contributed by atoms with van der Waals surface area (Å²) in [5.41, 5.74) is 0.593. The van der Waals surface area contributed by atoms with E-state index < -0.39 is 10.0 Å². The predicted molar refractivity (Wildman–Crippen MR) is 77.4 cm³/mol. The van der Waals surface area contributed by atoms with Gasteiger partial charge in [-0.3, -0.25) is 0 Å². The Morgan fingerprint density at radius 3 is 2.65 bits per heavy atom. The molecule has 0 fully saturated rings. The van der Waals surface area contributed by atoms with Crippen LogP contribution in [0, 0.1) is 0 Å². The lowest BCUT2D eigenvalue weighted by Crippen LogP contribution is -2.27. The highest BCUT2D eigenvalue weighted by molar-refractivity contribution is 7.91. The number of aliphatic hydroxyl groups is 1. The van der Waals surface area contributed by atoms with Gasteiger partial charge in [0.15, 0.2) is 0 Å². The molecule has 5 nitrogen and oxygen atoms in total. The Hall–Kier alpha value is -1.41. The van der Waals surface area contributed by atoms with Crippen molar-refractivity contribution in [1.29, 1.82) is 0 Å². The number of para-hydroxylation sites is 1. The number of sulfonamides is 1. The minimum absolute atomic E-state index is 0.164. The summed E-state index contributed by atoms with van der Waals surface area (Å²) in [5.74, 6) is 0.699. The first-order chi connectivity index (χ1) is 9.62. The summed E-state index contributed by atoms with van der Waals surface area (Å²) >= 11 is 1.08. The fourth-order valence-electron chi connectivity index (χ4n) is 1.51. The van der Waals surface area contributed by atoms with Gasteiger partial charge in [-0.15, -0.1) is 11.3 Å². The lowest BCUT2D eigenvalue weighted by molar-refractivity contribution is 0.282. The number of nitrogens with one attached hydrogen (secondary N) is 1. The molecule has 0 aliphatic heterocycles. The highest BCUT2D eigenvalue weighted by Crippen LogP contribution is 2.19. The lowest BCUT2D eigenvalue weighted by atomic mass is 10.3. The maximum absolute atomic E-state index is 11.9. The predicted octanol–water partition coefficient (Wildman–Crippen LogP) is 1.60. The van der Waals surface area contributed by atoms with E-state index >= 15 is 0 Å². The summed E-state index contributed by atoms with van der Waals surface area (Å²) < 4.78 is 31.9. The van der Waals surface area contributed by atoms with Crippen molar-refractivity contribution in [2.45, 2.75) is 10.8 Å². The molecule has 1 heterocycles. The summed E-state index contributed by atoms with van der Waals surface area (Å²) in [7, 11) is -3.53. The first-order valence-corrected chi connectivity index (χ1v) is 8.34. The molecule has 0 amide bonds. The molecule has 20 heavy (non-hydrogen) atoms. The molecule has 108 valence electrons. The third kappa shape index (κ3) is 4.04. The van der Waals surface area contributed by atoms with Crippen molar-refractivity contribution >= 4 is 21.4 Å². The van der Waals surface area contributed by atoms with Gasteiger partial charge in [0.1, 0.15) is 16.6 Å². The number of ether oxygens (including phenoxy) is 1. The van der Waals surface area contributed by atoms with Gasteiger partial charge in [0, 0.05) is 6.54 Å². The molecule has 0 aliphatic carbocycles. The molecule has 2 N–H and O–H groups in total. The van der Waals surface area contributed by atoms with Gasteiger partial charge < -0.3 is 9.84 Å². The van der Waals surface area contributed by atoms with Crippen LogP contribution in [-0.4, -0.2) is 26.7 Å². The summed E-state index contributed by atoms with van der Waals surface area (Å²) in [6, 6.07) is 10.7. The normalized spacial score (nSPS) is 11.4. The zero-order valence-corrected chi connectivity index (χ0v) is 12.3. The van der Waals surface area contributed by atoms with Crippen molar-refractivity contribution in [3.63, 3.8) is 0 Å². The Morgan fingerprint density at radius 2 is 2.00 bits per heavy atom. The van der Waals surface area contributed by atoms with Crippen LogP contribution in [0.25, 0.3) is 0 Å². The second-order valence-corrected chi connectivity index (χ2v) is 6.90. The molecule has 2 aromatic rings. The van der Waals surface area contributed by atoms with Gasteiger partial charge >= 0.3 is 0 Å². The van der Waals surface area contributed by atoms with Crippen LogP contribution in [0.3, 0.4) is 0 Å². The molecule has 7 heteroatoms. The second kappa shape index (κ2) is 6.85. The largest absolute Gasteiger partial charge is 0.492 e. The first kappa shape index (κ1) is 15.0. The Morgan fingerprint density at radius 1 is 1.25 bits per heavy atom. The third-order valence-corrected chi connectivity index (χ3v) is 5.43. The van der Waals surface area contributed by atoms with Crippen LogP contribution in [0.5, 0.6) is 5.75 Å². The molecule has 1 aromatic carbocycles. The van der Waals surface area contributed by atoms with Crippen molar-refractivity contribution in [2.75, 3.05) is 13.2 Å². The van der Waals surface area contributed by atoms with Gasteiger partial charge in [-0.1, -0.05) is 18.2 Å². The number of rotatable bonds is 7. The summed E-state index contributed by atoms with van der Waals surface area (Å²) in [5, 5.41) is 10.5. The Balaban J connectivity index is 1.84. The van der Waals surface area contributed by atoms with Crippen molar-refractivity contribution in [3.8, 4) is 5.75 Å². The monoisotopic (exact) mass is 313 g/mol. The maximum Gasteiger partial charge on any atom is 0.250 e. The molecule has 0 saturated heterocycles. The van der Waals surface area contributed by atoms with Gasteiger partial charge in [0.25, 0.3) is 0 Å². The topological polar surface area (TPSA) is 75.6 Å². The molecule has 0 radical (unpaired) electrons.